The van der Waals surface area contributed by atoms with E-state index in [9.17, 15) is 4.79 Å². The molecule has 0 unspecified atom stereocenters. The maximum atomic E-state index is 11.6. The second-order valence-electron chi connectivity index (χ2n) is 3.49. The van der Waals surface area contributed by atoms with Gasteiger partial charge in [-0.2, -0.15) is 0 Å². The first-order chi connectivity index (χ1) is 6.20. The van der Waals surface area contributed by atoms with Crippen LogP contribution in [0.4, 0.5) is 0 Å². The molecule has 0 atom stereocenters. The van der Waals surface area contributed by atoms with Crippen molar-refractivity contribution in [2.45, 2.75) is 19.1 Å². The molecule has 0 aliphatic carbocycles. The monoisotopic (exact) mass is 202 g/mol. The lowest BCUT2D eigenvalue weighted by Gasteiger charge is -2.27. The number of hydrogen-bond donors (Lipinski definition) is 1. The third kappa shape index (κ3) is 4.00. The summed E-state index contributed by atoms with van der Waals surface area (Å²) in [5.41, 5.74) is 0. The molecule has 3 nitrogen and oxygen atoms in total. The van der Waals surface area contributed by atoms with E-state index in [2.05, 4.69) is 19.2 Å². The molecule has 0 radical (unpaired) electrons. The fourth-order valence-corrected chi connectivity index (χ4v) is 1.90. The first kappa shape index (κ1) is 10.9. The molecule has 1 saturated heterocycles. The Balaban J connectivity index is 2.21. The normalized spacial score (nSPS) is 17.9. The number of nitrogens with one attached hydrogen (secondary N) is 1. The van der Waals surface area contributed by atoms with Gasteiger partial charge in [-0.05, 0) is 5.25 Å². The van der Waals surface area contributed by atoms with Crippen molar-refractivity contribution in [2.24, 2.45) is 0 Å². The van der Waals surface area contributed by atoms with E-state index in [-0.39, 0.29) is 0 Å². The molecule has 1 fully saturated rings. The Bertz CT molecular complexity index is 167. The van der Waals surface area contributed by atoms with Gasteiger partial charge in [0.15, 0.2) is 0 Å². The highest BCUT2D eigenvalue weighted by atomic mass is 32.2. The van der Waals surface area contributed by atoms with Crippen LogP contribution in [-0.4, -0.2) is 48.0 Å². The van der Waals surface area contributed by atoms with Gasteiger partial charge in [-0.25, -0.2) is 0 Å². The molecule has 0 spiro atoms. The number of nitrogens with zero attached hydrogens (tertiary/aromatic N) is 1. The molecule has 0 aromatic rings. The lowest BCUT2D eigenvalue weighted by Crippen LogP contribution is -2.47. The van der Waals surface area contributed by atoms with E-state index in [0.717, 1.165) is 26.2 Å². The number of carbonyl (C=O) groups is 1. The second kappa shape index (κ2) is 5.50. The van der Waals surface area contributed by atoms with Crippen LogP contribution in [0, 0.1) is 0 Å². The van der Waals surface area contributed by atoms with Gasteiger partial charge in [-0.3, -0.25) is 4.79 Å². The zero-order chi connectivity index (χ0) is 9.68. The summed E-state index contributed by atoms with van der Waals surface area (Å²) in [6, 6.07) is 0. The Morgan fingerprint density at radius 2 is 2.08 bits per heavy atom. The molecule has 1 aliphatic heterocycles. The quantitative estimate of drug-likeness (QED) is 0.726. The SMILES string of the molecule is CC(C)SCC(=O)N1CCNCC1. The molecule has 76 valence electrons. The van der Waals surface area contributed by atoms with Crippen molar-refractivity contribution in [2.75, 3.05) is 31.9 Å². The second-order valence-corrected chi connectivity index (χ2v) is 5.06. The van der Waals surface area contributed by atoms with E-state index in [0.29, 0.717) is 16.9 Å². The van der Waals surface area contributed by atoms with Crippen LogP contribution in [0.25, 0.3) is 0 Å². The van der Waals surface area contributed by atoms with E-state index in [4.69, 9.17) is 0 Å². The number of rotatable bonds is 3. The van der Waals surface area contributed by atoms with Gasteiger partial charge in [0.1, 0.15) is 0 Å². The van der Waals surface area contributed by atoms with Crippen LogP contribution in [0.5, 0.6) is 0 Å². The van der Waals surface area contributed by atoms with E-state index in [1.54, 1.807) is 11.8 Å². The Morgan fingerprint density at radius 1 is 1.46 bits per heavy atom. The molecule has 0 saturated carbocycles. The average molecular weight is 202 g/mol. The van der Waals surface area contributed by atoms with Crippen molar-refractivity contribution in [3.8, 4) is 0 Å². The van der Waals surface area contributed by atoms with Crippen LogP contribution >= 0.6 is 11.8 Å². The summed E-state index contributed by atoms with van der Waals surface area (Å²) < 4.78 is 0. The molecular weight excluding hydrogens is 184 g/mol. The van der Waals surface area contributed by atoms with Gasteiger partial charge in [0, 0.05) is 26.2 Å². The fraction of sp³-hybridized carbons (Fsp3) is 0.889. The zero-order valence-electron chi connectivity index (χ0n) is 8.38. The highest BCUT2D eigenvalue weighted by Crippen LogP contribution is 2.10. The van der Waals surface area contributed by atoms with Crippen LogP contribution in [-0.2, 0) is 4.79 Å². The lowest BCUT2D eigenvalue weighted by atomic mass is 10.3. The van der Waals surface area contributed by atoms with Crippen molar-refractivity contribution >= 4 is 17.7 Å². The Labute approximate surface area is 84.2 Å². The summed E-state index contributed by atoms with van der Waals surface area (Å²) in [6.07, 6.45) is 0. The smallest absolute Gasteiger partial charge is 0.232 e. The number of hydrogen-bond acceptors (Lipinski definition) is 3. The van der Waals surface area contributed by atoms with Gasteiger partial charge in [-0.15, -0.1) is 11.8 Å². The minimum atomic E-state index is 0.292. The van der Waals surface area contributed by atoms with E-state index in [1.807, 2.05) is 4.90 Å². The van der Waals surface area contributed by atoms with Gasteiger partial charge in [0.25, 0.3) is 0 Å². The largest absolute Gasteiger partial charge is 0.339 e. The number of thioether (sulfide) groups is 1. The molecule has 4 heteroatoms. The topological polar surface area (TPSA) is 32.3 Å². The summed E-state index contributed by atoms with van der Waals surface area (Å²) >= 11 is 1.72. The summed E-state index contributed by atoms with van der Waals surface area (Å²) in [6.45, 7) is 7.87. The van der Waals surface area contributed by atoms with E-state index >= 15 is 0 Å². The number of carbonyl (C=O) groups excluding carboxylic acids is 1. The Morgan fingerprint density at radius 3 is 2.62 bits per heavy atom. The fourth-order valence-electron chi connectivity index (χ4n) is 1.24. The summed E-state index contributed by atoms with van der Waals surface area (Å²) in [7, 11) is 0. The minimum Gasteiger partial charge on any atom is -0.339 e. The average Bonchev–Trinajstić information content (AvgIpc) is 2.15. The minimum absolute atomic E-state index is 0.292. The van der Waals surface area contributed by atoms with Crippen LogP contribution in [0.2, 0.25) is 0 Å². The van der Waals surface area contributed by atoms with Crippen LogP contribution in [0.3, 0.4) is 0 Å². The molecule has 0 bridgehead atoms. The highest BCUT2D eigenvalue weighted by molar-refractivity contribution is 8.00. The van der Waals surface area contributed by atoms with Crippen LogP contribution in [0.15, 0.2) is 0 Å². The molecule has 1 amide bonds. The molecule has 0 aromatic heterocycles. The number of amides is 1. The Hall–Kier alpha value is -0.220. The first-order valence-corrected chi connectivity index (χ1v) is 5.85. The zero-order valence-corrected chi connectivity index (χ0v) is 9.19. The maximum absolute atomic E-state index is 11.6. The highest BCUT2D eigenvalue weighted by Gasteiger charge is 2.15. The maximum Gasteiger partial charge on any atom is 0.232 e. The van der Waals surface area contributed by atoms with Gasteiger partial charge in [-0.1, -0.05) is 13.8 Å². The predicted molar refractivity (Wildman–Crippen MR) is 57.0 cm³/mol. The van der Waals surface area contributed by atoms with Crippen molar-refractivity contribution in [3.63, 3.8) is 0 Å². The summed E-state index contributed by atoms with van der Waals surface area (Å²) in [5.74, 6) is 0.928. The first-order valence-electron chi connectivity index (χ1n) is 4.80. The Kier molecular flexibility index (Phi) is 4.59. The van der Waals surface area contributed by atoms with Gasteiger partial charge in [0.05, 0.1) is 5.75 Å². The standard InChI is InChI=1S/C9H18N2OS/c1-8(2)13-7-9(12)11-5-3-10-4-6-11/h8,10H,3-7H2,1-2H3. The van der Waals surface area contributed by atoms with Crippen molar-refractivity contribution in [1.82, 2.24) is 10.2 Å². The molecule has 1 aliphatic rings. The third-order valence-corrected chi connectivity index (χ3v) is 3.09. The molecule has 1 rings (SSSR count). The van der Waals surface area contributed by atoms with Crippen LogP contribution in [0.1, 0.15) is 13.8 Å². The van der Waals surface area contributed by atoms with E-state index in [1.165, 1.54) is 0 Å². The molecule has 0 aromatic carbocycles. The molecule has 1 N–H and O–H groups in total. The number of piperazine rings is 1. The van der Waals surface area contributed by atoms with Gasteiger partial charge in [0.2, 0.25) is 5.91 Å². The summed E-state index contributed by atoms with van der Waals surface area (Å²) in [4.78, 5) is 13.5. The molecule has 13 heavy (non-hydrogen) atoms. The van der Waals surface area contributed by atoms with Gasteiger partial charge < -0.3 is 10.2 Å². The van der Waals surface area contributed by atoms with Gasteiger partial charge >= 0.3 is 0 Å². The molecular formula is C9H18N2OS. The van der Waals surface area contributed by atoms with Crippen molar-refractivity contribution in [3.05, 3.63) is 0 Å². The van der Waals surface area contributed by atoms with Crippen molar-refractivity contribution in [1.29, 1.82) is 0 Å². The van der Waals surface area contributed by atoms with E-state index < -0.39 is 0 Å². The predicted octanol–water partition coefficient (Wildman–Crippen LogP) is 0.560. The summed E-state index contributed by atoms with van der Waals surface area (Å²) in [5, 5.41) is 3.78. The molecule has 1 heterocycles. The van der Waals surface area contributed by atoms with Crippen molar-refractivity contribution < 1.29 is 4.79 Å². The van der Waals surface area contributed by atoms with Crippen LogP contribution < -0.4 is 5.32 Å². The lowest BCUT2D eigenvalue weighted by molar-refractivity contribution is -0.128. The third-order valence-electron chi connectivity index (χ3n) is 2.01.